The molecular weight excluding hydrogens is 460 g/mol. The van der Waals surface area contributed by atoms with Gasteiger partial charge in [0, 0.05) is 37.6 Å². The first-order valence-electron chi connectivity index (χ1n) is 12.1. The topological polar surface area (TPSA) is 123 Å². The highest BCUT2D eigenvalue weighted by Crippen LogP contribution is 2.25. The molecule has 2 aromatic rings. The lowest BCUT2D eigenvalue weighted by molar-refractivity contribution is -0.140. The molecular formula is C26H28N6O4. The van der Waals surface area contributed by atoms with Gasteiger partial charge >= 0.3 is 5.70 Å². The van der Waals surface area contributed by atoms with Crippen LogP contribution in [-0.2, 0) is 9.59 Å². The van der Waals surface area contributed by atoms with Crippen LogP contribution in [0.4, 0.5) is 5.69 Å². The van der Waals surface area contributed by atoms with Crippen LogP contribution in [0.25, 0.3) is 15.8 Å². The van der Waals surface area contributed by atoms with E-state index in [1.165, 1.54) is 6.92 Å². The zero-order valence-electron chi connectivity index (χ0n) is 20.2. The molecule has 0 spiro atoms. The molecule has 1 aromatic carbocycles. The number of carbonyl (C=O) groups is 3. The average Bonchev–Trinajstić information content (AvgIpc) is 3.52. The van der Waals surface area contributed by atoms with E-state index in [9.17, 15) is 19.6 Å². The third-order valence-corrected chi connectivity index (χ3v) is 6.47. The van der Waals surface area contributed by atoms with Gasteiger partial charge in [-0.15, -0.1) is 0 Å². The minimum Gasteiger partial charge on any atom is -0.453 e. The third-order valence-electron chi connectivity index (χ3n) is 6.47. The number of nitriles is 1. The summed E-state index contributed by atoms with van der Waals surface area (Å²) in [6.07, 6.45) is 4.01. The number of fused-ring (bicyclic) bond motifs is 1. The van der Waals surface area contributed by atoms with Crippen LogP contribution in [0.3, 0.4) is 0 Å². The van der Waals surface area contributed by atoms with Gasteiger partial charge in [0.2, 0.25) is 11.8 Å². The van der Waals surface area contributed by atoms with Crippen LogP contribution in [0, 0.1) is 17.9 Å². The number of allylic oxidation sites excluding steroid dienone is 1. The molecule has 0 radical (unpaired) electrons. The van der Waals surface area contributed by atoms with Crippen molar-refractivity contribution in [2.45, 2.75) is 45.1 Å². The molecule has 0 aliphatic carbocycles. The fraction of sp³-hybridized carbons (Fsp3) is 0.423. The summed E-state index contributed by atoms with van der Waals surface area (Å²) >= 11 is 0. The second-order valence-electron chi connectivity index (χ2n) is 9.03. The lowest BCUT2D eigenvalue weighted by Gasteiger charge is -2.28. The molecule has 4 rings (SSSR count). The lowest BCUT2D eigenvalue weighted by Crippen LogP contribution is -2.49. The second-order valence-corrected chi connectivity index (χ2v) is 9.03. The number of furan rings is 1. The number of rotatable bonds is 7. The minimum atomic E-state index is -0.687. The predicted octanol–water partition coefficient (Wildman–Crippen LogP) is 3.25. The van der Waals surface area contributed by atoms with E-state index in [2.05, 4.69) is 15.5 Å². The molecule has 2 aliphatic rings. The van der Waals surface area contributed by atoms with E-state index >= 15 is 0 Å². The molecule has 1 atom stereocenters. The maximum Gasteiger partial charge on any atom is 0.300 e. The third kappa shape index (κ3) is 5.49. The highest BCUT2D eigenvalue weighted by atomic mass is 16.3. The SMILES string of the molecule is [C-]#[N+]/C(C#N)=C(\Nc1ccc2oc(C(C)=O)cc2c1)NC1CCCCN(CC(=O)N2CCCC2)C1=O. The summed E-state index contributed by atoms with van der Waals surface area (Å²) in [7, 11) is 0. The van der Waals surface area contributed by atoms with Gasteiger partial charge in [-0.2, -0.15) is 0 Å². The molecule has 0 bridgehead atoms. The van der Waals surface area contributed by atoms with Crippen LogP contribution >= 0.6 is 0 Å². The highest BCUT2D eigenvalue weighted by molar-refractivity contribution is 5.96. The first-order valence-corrected chi connectivity index (χ1v) is 12.1. The summed E-state index contributed by atoms with van der Waals surface area (Å²) in [6, 6.07) is 7.95. The van der Waals surface area contributed by atoms with E-state index in [-0.39, 0.29) is 41.4 Å². The number of anilines is 1. The minimum absolute atomic E-state index is 0.0348. The van der Waals surface area contributed by atoms with Crippen molar-refractivity contribution in [1.29, 1.82) is 5.26 Å². The number of amides is 2. The number of Topliss-reactive ketones (excluding diaryl/α,β-unsaturated/α-hetero) is 1. The highest BCUT2D eigenvalue weighted by Gasteiger charge is 2.31. The molecule has 2 amide bonds. The predicted molar refractivity (Wildman–Crippen MR) is 132 cm³/mol. The van der Waals surface area contributed by atoms with Crippen LogP contribution in [0.15, 0.2) is 40.2 Å². The van der Waals surface area contributed by atoms with Crippen LogP contribution < -0.4 is 10.6 Å². The smallest absolute Gasteiger partial charge is 0.300 e. The summed E-state index contributed by atoms with van der Waals surface area (Å²) < 4.78 is 5.52. The van der Waals surface area contributed by atoms with Gasteiger partial charge in [-0.25, -0.2) is 10.1 Å². The van der Waals surface area contributed by atoms with Crippen molar-refractivity contribution in [1.82, 2.24) is 15.1 Å². The van der Waals surface area contributed by atoms with Gasteiger partial charge in [0.05, 0.1) is 19.2 Å². The maximum atomic E-state index is 13.4. The number of hydrogen-bond donors (Lipinski definition) is 2. The van der Waals surface area contributed by atoms with Crippen LogP contribution in [-0.4, -0.2) is 59.6 Å². The summed E-state index contributed by atoms with van der Waals surface area (Å²) in [4.78, 5) is 44.4. The van der Waals surface area contributed by atoms with Crippen molar-refractivity contribution in [2.75, 3.05) is 31.5 Å². The zero-order chi connectivity index (χ0) is 25.7. The Labute approximate surface area is 209 Å². The van der Waals surface area contributed by atoms with E-state index < -0.39 is 6.04 Å². The number of hydrogen-bond acceptors (Lipinski definition) is 7. The Bertz CT molecular complexity index is 1280. The van der Waals surface area contributed by atoms with Crippen LogP contribution in [0.5, 0.6) is 0 Å². The molecule has 2 N–H and O–H groups in total. The van der Waals surface area contributed by atoms with Gasteiger partial charge in [-0.05, 0) is 56.4 Å². The first kappa shape index (κ1) is 24.8. The zero-order valence-corrected chi connectivity index (χ0v) is 20.2. The van der Waals surface area contributed by atoms with Crippen LogP contribution in [0.2, 0.25) is 0 Å². The number of carbonyl (C=O) groups excluding carboxylic acids is 3. The maximum absolute atomic E-state index is 13.4. The Hall–Kier alpha value is -4.31. The van der Waals surface area contributed by atoms with E-state index in [1.54, 1.807) is 34.1 Å². The number of benzene rings is 1. The van der Waals surface area contributed by atoms with E-state index in [4.69, 9.17) is 11.0 Å². The van der Waals surface area contributed by atoms with Crippen molar-refractivity contribution in [3.05, 3.63) is 53.0 Å². The quantitative estimate of drug-likeness (QED) is 0.348. The Morgan fingerprint density at radius 1 is 1.19 bits per heavy atom. The van der Waals surface area contributed by atoms with Crippen molar-refractivity contribution in [3.8, 4) is 6.07 Å². The van der Waals surface area contributed by atoms with Crippen LogP contribution in [0.1, 0.15) is 49.6 Å². The molecule has 36 heavy (non-hydrogen) atoms. The molecule has 2 aliphatic heterocycles. The molecule has 10 nitrogen and oxygen atoms in total. The van der Waals surface area contributed by atoms with Gasteiger partial charge in [-0.1, -0.05) is 0 Å². The number of ketones is 1. The molecule has 1 aromatic heterocycles. The van der Waals surface area contributed by atoms with Gasteiger partial charge < -0.3 is 24.9 Å². The molecule has 2 saturated heterocycles. The Morgan fingerprint density at radius 3 is 2.64 bits per heavy atom. The molecule has 1 unspecified atom stereocenters. The molecule has 2 fully saturated rings. The summed E-state index contributed by atoms with van der Waals surface area (Å²) in [5.41, 5.74) is 0.870. The molecule has 3 heterocycles. The van der Waals surface area contributed by atoms with Crippen molar-refractivity contribution < 1.29 is 18.8 Å². The normalized spacial score (nSPS) is 18.8. The Kier molecular flexibility index (Phi) is 7.55. The second kappa shape index (κ2) is 11.0. The molecule has 186 valence electrons. The number of nitrogens with zero attached hydrogens (tertiary/aromatic N) is 4. The summed E-state index contributed by atoms with van der Waals surface area (Å²) in [5, 5.41) is 16.4. The standard InChI is InChI=1S/C26H28N6O4/c1-17(33)23-14-18-13-19(8-9-22(18)36-23)29-25(21(15-27)28-2)30-20-7-3-4-12-32(26(20)35)16-24(34)31-10-5-6-11-31/h8-9,13-14,20,29-30H,3-7,10-12,16H2,1H3/b25-21+. The average molecular weight is 489 g/mol. The molecule has 0 saturated carbocycles. The summed E-state index contributed by atoms with van der Waals surface area (Å²) in [6.45, 7) is 10.8. The largest absolute Gasteiger partial charge is 0.453 e. The van der Waals surface area contributed by atoms with Gasteiger partial charge in [-0.3, -0.25) is 14.4 Å². The molecule has 10 heteroatoms. The van der Waals surface area contributed by atoms with Crippen molar-refractivity contribution >= 4 is 34.3 Å². The Balaban J connectivity index is 1.54. The fourth-order valence-electron chi connectivity index (χ4n) is 4.54. The van der Waals surface area contributed by atoms with E-state index in [0.29, 0.717) is 29.6 Å². The van der Waals surface area contributed by atoms with Crippen molar-refractivity contribution in [2.24, 2.45) is 0 Å². The lowest BCUT2D eigenvalue weighted by atomic mass is 10.1. The fourth-order valence-corrected chi connectivity index (χ4v) is 4.54. The van der Waals surface area contributed by atoms with Crippen molar-refractivity contribution in [3.63, 3.8) is 0 Å². The monoisotopic (exact) mass is 488 g/mol. The van der Waals surface area contributed by atoms with Gasteiger partial charge in [0.1, 0.15) is 17.4 Å². The number of likely N-dealkylation sites (tertiary alicyclic amines) is 2. The number of nitrogens with one attached hydrogen (secondary N) is 2. The first-order chi connectivity index (χ1) is 17.4. The Morgan fingerprint density at radius 2 is 1.94 bits per heavy atom. The van der Waals surface area contributed by atoms with E-state index in [1.807, 2.05) is 6.07 Å². The van der Waals surface area contributed by atoms with E-state index in [0.717, 1.165) is 38.8 Å². The van der Waals surface area contributed by atoms with Gasteiger partial charge in [0.25, 0.3) is 0 Å². The van der Waals surface area contributed by atoms with Gasteiger partial charge in [0.15, 0.2) is 11.5 Å². The summed E-state index contributed by atoms with van der Waals surface area (Å²) in [5.74, 6) is -0.108.